The predicted molar refractivity (Wildman–Crippen MR) is 118 cm³/mol. The van der Waals surface area contributed by atoms with Crippen molar-refractivity contribution >= 4 is 49.1 Å². The molecule has 0 aliphatic carbocycles. The lowest BCUT2D eigenvalue weighted by Gasteiger charge is -2.22. The van der Waals surface area contributed by atoms with Gasteiger partial charge in [0.1, 0.15) is 0 Å². The normalized spacial score (nSPS) is 11.4. The summed E-state index contributed by atoms with van der Waals surface area (Å²) in [6, 6.07) is 22.1. The van der Waals surface area contributed by atoms with Crippen molar-refractivity contribution < 1.29 is 13.2 Å². The van der Waals surface area contributed by atoms with Crippen LogP contribution in [0.2, 0.25) is 5.02 Å². The Kier molecular flexibility index (Phi) is 7.08. The van der Waals surface area contributed by atoms with Gasteiger partial charge in [-0.05, 0) is 54.1 Å². The van der Waals surface area contributed by atoms with Crippen LogP contribution in [0.4, 0.5) is 5.69 Å². The number of benzene rings is 3. The molecular formula is C21H18BrClN2O3S. The van der Waals surface area contributed by atoms with Crippen molar-refractivity contribution in [2.75, 3.05) is 11.9 Å². The lowest BCUT2D eigenvalue weighted by atomic mass is 10.2. The van der Waals surface area contributed by atoms with E-state index in [4.69, 9.17) is 11.6 Å². The molecule has 0 unspecified atom stereocenters. The van der Waals surface area contributed by atoms with Gasteiger partial charge in [-0.1, -0.05) is 57.9 Å². The van der Waals surface area contributed by atoms with Gasteiger partial charge in [-0.2, -0.15) is 4.31 Å². The minimum atomic E-state index is -3.89. The summed E-state index contributed by atoms with van der Waals surface area (Å²) >= 11 is 9.23. The maximum atomic E-state index is 13.2. The third kappa shape index (κ3) is 5.90. The van der Waals surface area contributed by atoms with Crippen LogP contribution in [0.25, 0.3) is 0 Å². The Morgan fingerprint density at radius 2 is 1.55 bits per heavy atom. The fourth-order valence-corrected chi connectivity index (χ4v) is 4.43. The molecule has 3 aromatic rings. The van der Waals surface area contributed by atoms with Crippen molar-refractivity contribution in [1.82, 2.24) is 4.31 Å². The van der Waals surface area contributed by atoms with E-state index in [0.717, 1.165) is 14.3 Å². The van der Waals surface area contributed by atoms with Gasteiger partial charge < -0.3 is 5.32 Å². The maximum absolute atomic E-state index is 13.2. The van der Waals surface area contributed by atoms with Gasteiger partial charge in [0.2, 0.25) is 15.9 Å². The molecule has 29 heavy (non-hydrogen) atoms. The second-order valence-electron chi connectivity index (χ2n) is 6.27. The first-order chi connectivity index (χ1) is 13.8. The van der Waals surface area contributed by atoms with Gasteiger partial charge in [0.15, 0.2) is 0 Å². The first-order valence-electron chi connectivity index (χ1n) is 8.70. The molecule has 8 heteroatoms. The largest absolute Gasteiger partial charge is 0.325 e. The quantitative estimate of drug-likeness (QED) is 0.507. The summed E-state index contributed by atoms with van der Waals surface area (Å²) in [6.07, 6.45) is 0. The van der Waals surface area contributed by atoms with Crippen LogP contribution >= 0.6 is 27.5 Å². The summed E-state index contributed by atoms with van der Waals surface area (Å²) in [4.78, 5) is 12.7. The zero-order valence-corrected chi connectivity index (χ0v) is 18.4. The number of para-hydroxylation sites is 1. The van der Waals surface area contributed by atoms with E-state index in [1.54, 1.807) is 60.7 Å². The van der Waals surface area contributed by atoms with Crippen LogP contribution in [0.1, 0.15) is 5.56 Å². The molecule has 0 bridgehead atoms. The number of hydrogen-bond donors (Lipinski definition) is 1. The van der Waals surface area contributed by atoms with Crippen molar-refractivity contribution in [2.24, 2.45) is 0 Å². The fraction of sp³-hybridized carbons (Fsp3) is 0.0952. The molecule has 1 N–H and O–H groups in total. The molecule has 3 aromatic carbocycles. The highest BCUT2D eigenvalue weighted by Gasteiger charge is 2.27. The third-order valence-electron chi connectivity index (χ3n) is 4.10. The molecule has 0 atom stereocenters. The van der Waals surface area contributed by atoms with Crippen molar-refractivity contribution in [3.63, 3.8) is 0 Å². The summed E-state index contributed by atoms with van der Waals surface area (Å²) in [7, 11) is -3.89. The zero-order chi connectivity index (χ0) is 20.9. The highest BCUT2D eigenvalue weighted by Crippen LogP contribution is 2.21. The van der Waals surface area contributed by atoms with E-state index in [0.29, 0.717) is 10.7 Å². The summed E-state index contributed by atoms with van der Waals surface area (Å²) < 4.78 is 28.3. The van der Waals surface area contributed by atoms with E-state index in [-0.39, 0.29) is 18.0 Å². The SMILES string of the molecule is O=C(CN(Cc1ccc(Cl)cc1)S(=O)(=O)c1ccc(Br)cc1)Nc1ccccc1. The average molecular weight is 494 g/mol. The van der Waals surface area contributed by atoms with E-state index in [9.17, 15) is 13.2 Å². The Labute approximate surface area is 183 Å². The van der Waals surface area contributed by atoms with Gasteiger partial charge in [0.05, 0.1) is 11.4 Å². The number of carbonyl (C=O) groups excluding carboxylic acids is 1. The fourth-order valence-electron chi connectivity index (χ4n) is 2.66. The average Bonchev–Trinajstić information content (AvgIpc) is 2.70. The van der Waals surface area contributed by atoms with Gasteiger partial charge in [0.25, 0.3) is 0 Å². The topological polar surface area (TPSA) is 66.5 Å². The Morgan fingerprint density at radius 3 is 2.17 bits per heavy atom. The van der Waals surface area contributed by atoms with Crippen LogP contribution in [-0.2, 0) is 21.4 Å². The van der Waals surface area contributed by atoms with E-state index in [1.165, 1.54) is 12.1 Å². The highest BCUT2D eigenvalue weighted by atomic mass is 79.9. The summed E-state index contributed by atoms with van der Waals surface area (Å²) in [5, 5.41) is 3.28. The lowest BCUT2D eigenvalue weighted by Crippen LogP contribution is -2.37. The van der Waals surface area contributed by atoms with Crippen LogP contribution in [0.3, 0.4) is 0 Å². The van der Waals surface area contributed by atoms with Crippen LogP contribution in [0, 0.1) is 0 Å². The first kappa shape index (κ1) is 21.5. The van der Waals surface area contributed by atoms with Crippen molar-refractivity contribution in [3.8, 4) is 0 Å². The van der Waals surface area contributed by atoms with E-state index >= 15 is 0 Å². The summed E-state index contributed by atoms with van der Waals surface area (Å²) in [5.74, 6) is -0.425. The lowest BCUT2D eigenvalue weighted by molar-refractivity contribution is -0.116. The van der Waals surface area contributed by atoms with Crippen LogP contribution in [-0.4, -0.2) is 25.2 Å². The Balaban J connectivity index is 1.87. The number of nitrogens with zero attached hydrogens (tertiary/aromatic N) is 1. The maximum Gasteiger partial charge on any atom is 0.243 e. The molecule has 150 valence electrons. The number of nitrogens with one attached hydrogen (secondary N) is 1. The zero-order valence-electron chi connectivity index (χ0n) is 15.3. The van der Waals surface area contributed by atoms with E-state index in [2.05, 4.69) is 21.2 Å². The number of amides is 1. The monoisotopic (exact) mass is 492 g/mol. The highest BCUT2D eigenvalue weighted by molar-refractivity contribution is 9.10. The first-order valence-corrected chi connectivity index (χ1v) is 11.3. The molecule has 1 amide bonds. The van der Waals surface area contributed by atoms with Gasteiger partial charge in [-0.15, -0.1) is 0 Å². The van der Waals surface area contributed by atoms with Gasteiger partial charge >= 0.3 is 0 Å². The molecule has 0 aliphatic rings. The second-order valence-corrected chi connectivity index (χ2v) is 9.56. The minimum Gasteiger partial charge on any atom is -0.325 e. The minimum absolute atomic E-state index is 0.0395. The Hall–Kier alpha value is -2.19. The number of sulfonamides is 1. The number of halogens is 2. The molecule has 0 radical (unpaired) electrons. The van der Waals surface area contributed by atoms with Crippen LogP contribution in [0.5, 0.6) is 0 Å². The number of anilines is 1. The number of rotatable bonds is 7. The molecule has 0 aromatic heterocycles. The smallest absolute Gasteiger partial charge is 0.243 e. The molecule has 0 heterocycles. The summed E-state index contributed by atoms with van der Waals surface area (Å²) in [6.45, 7) is -0.284. The second kappa shape index (κ2) is 9.54. The third-order valence-corrected chi connectivity index (χ3v) is 6.69. The molecule has 0 saturated carbocycles. The molecule has 0 aliphatic heterocycles. The van der Waals surface area contributed by atoms with Gasteiger partial charge in [-0.25, -0.2) is 8.42 Å². The molecule has 3 rings (SSSR count). The standard InChI is InChI=1S/C21H18BrClN2O3S/c22-17-8-12-20(13-9-17)29(27,28)25(14-16-6-10-18(23)11-7-16)15-21(26)24-19-4-2-1-3-5-19/h1-13H,14-15H2,(H,24,26). The number of carbonyl (C=O) groups is 1. The summed E-state index contributed by atoms with van der Waals surface area (Å²) in [5.41, 5.74) is 1.33. The van der Waals surface area contributed by atoms with E-state index in [1.807, 2.05) is 6.07 Å². The van der Waals surface area contributed by atoms with E-state index < -0.39 is 15.9 Å². The number of hydrogen-bond acceptors (Lipinski definition) is 3. The molecule has 0 spiro atoms. The van der Waals surface area contributed by atoms with Crippen LogP contribution in [0.15, 0.2) is 88.2 Å². The van der Waals surface area contributed by atoms with Crippen LogP contribution < -0.4 is 5.32 Å². The van der Waals surface area contributed by atoms with Crippen molar-refractivity contribution in [1.29, 1.82) is 0 Å². The van der Waals surface area contributed by atoms with Gasteiger partial charge in [0, 0.05) is 21.7 Å². The van der Waals surface area contributed by atoms with Crippen molar-refractivity contribution in [3.05, 3.63) is 93.9 Å². The Bertz CT molecular complexity index is 1070. The molecule has 5 nitrogen and oxygen atoms in total. The molecular weight excluding hydrogens is 476 g/mol. The molecule has 0 saturated heterocycles. The van der Waals surface area contributed by atoms with Crippen molar-refractivity contribution in [2.45, 2.75) is 11.4 Å². The molecule has 0 fully saturated rings. The predicted octanol–water partition coefficient (Wildman–Crippen LogP) is 4.93. The van der Waals surface area contributed by atoms with Gasteiger partial charge in [-0.3, -0.25) is 4.79 Å². The Morgan fingerprint density at radius 1 is 0.931 bits per heavy atom.